The Morgan fingerprint density at radius 2 is 1.44 bits per heavy atom. The van der Waals surface area contributed by atoms with Crippen LogP contribution in [0.3, 0.4) is 0 Å². The first-order valence-electron chi connectivity index (χ1n) is 11.5. The van der Waals surface area contributed by atoms with Gasteiger partial charge in [0.25, 0.3) is 17.7 Å². The van der Waals surface area contributed by atoms with Crippen molar-refractivity contribution >= 4 is 29.1 Å². The molecule has 34 heavy (non-hydrogen) atoms. The van der Waals surface area contributed by atoms with Crippen LogP contribution in [0.15, 0.2) is 67.0 Å². The Balaban J connectivity index is 1.47. The van der Waals surface area contributed by atoms with Crippen LogP contribution in [0.25, 0.3) is 0 Å². The van der Waals surface area contributed by atoms with E-state index < -0.39 is 0 Å². The van der Waals surface area contributed by atoms with Gasteiger partial charge in [-0.15, -0.1) is 0 Å². The van der Waals surface area contributed by atoms with Crippen molar-refractivity contribution in [1.29, 1.82) is 0 Å². The summed E-state index contributed by atoms with van der Waals surface area (Å²) in [6, 6.07) is 15.4. The van der Waals surface area contributed by atoms with Gasteiger partial charge in [0.15, 0.2) is 0 Å². The zero-order valence-electron chi connectivity index (χ0n) is 19.2. The summed E-state index contributed by atoms with van der Waals surface area (Å²) < 4.78 is 0. The second-order valence-corrected chi connectivity index (χ2v) is 8.43. The van der Waals surface area contributed by atoms with Gasteiger partial charge in [-0.1, -0.05) is 25.0 Å². The fourth-order valence-corrected chi connectivity index (χ4v) is 4.06. The van der Waals surface area contributed by atoms with Gasteiger partial charge in [0.05, 0.1) is 11.3 Å². The van der Waals surface area contributed by atoms with E-state index in [1.807, 2.05) is 17.9 Å². The number of amides is 3. The standard InChI is InChI=1S/C27H28N4O3/c1-19-7-6-8-23(24(19)30-25(32)20-13-15-28-16-14-20)26(33)29-22-11-9-21(10-12-22)27(34)31-17-4-2-3-5-18-31/h6-16H,2-5,17-18H2,1H3,(H,29,33)(H,30,32). The molecule has 1 saturated heterocycles. The van der Waals surface area contributed by atoms with Crippen LogP contribution < -0.4 is 10.6 Å². The van der Waals surface area contributed by atoms with Crippen molar-refractivity contribution in [3.8, 4) is 0 Å². The average molecular weight is 457 g/mol. The van der Waals surface area contributed by atoms with Gasteiger partial charge in [-0.25, -0.2) is 0 Å². The highest BCUT2D eigenvalue weighted by molar-refractivity contribution is 6.13. The Morgan fingerprint density at radius 3 is 2.12 bits per heavy atom. The Bertz CT molecular complexity index is 1170. The first-order valence-corrected chi connectivity index (χ1v) is 11.5. The summed E-state index contributed by atoms with van der Waals surface area (Å²) in [5, 5.41) is 5.72. The number of carbonyl (C=O) groups is 3. The zero-order chi connectivity index (χ0) is 23.9. The van der Waals surface area contributed by atoms with E-state index in [1.54, 1.807) is 60.9 Å². The van der Waals surface area contributed by atoms with E-state index in [4.69, 9.17) is 0 Å². The van der Waals surface area contributed by atoms with Crippen LogP contribution in [0.1, 0.15) is 62.3 Å². The maximum atomic E-state index is 13.1. The number of benzene rings is 2. The number of aryl methyl sites for hydroxylation is 1. The molecular formula is C27H28N4O3. The Kier molecular flexibility index (Phi) is 7.32. The van der Waals surface area contributed by atoms with Crippen molar-refractivity contribution in [2.45, 2.75) is 32.6 Å². The molecule has 174 valence electrons. The van der Waals surface area contributed by atoms with Crippen LogP contribution in [0.2, 0.25) is 0 Å². The molecule has 1 aromatic heterocycles. The maximum absolute atomic E-state index is 13.1. The minimum atomic E-state index is -0.347. The summed E-state index contributed by atoms with van der Waals surface area (Å²) in [4.78, 5) is 44.3. The number of para-hydroxylation sites is 1. The lowest BCUT2D eigenvalue weighted by Crippen LogP contribution is -2.31. The van der Waals surface area contributed by atoms with Crippen LogP contribution in [0.5, 0.6) is 0 Å². The highest BCUT2D eigenvalue weighted by atomic mass is 16.2. The average Bonchev–Trinajstić information content (AvgIpc) is 3.15. The number of anilines is 2. The third-order valence-electron chi connectivity index (χ3n) is 5.98. The lowest BCUT2D eigenvalue weighted by molar-refractivity contribution is 0.0761. The van der Waals surface area contributed by atoms with E-state index in [0.29, 0.717) is 28.1 Å². The molecule has 3 amide bonds. The normalized spacial score (nSPS) is 13.6. The van der Waals surface area contributed by atoms with Crippen molar-refractivity contribution in [3.63, 3.8) is 0 Å². The van der Waals surface area contributed by atoms with Crippen LogP contribution >= 0.6 is 0 Å². The van der Waals surface area contributed by atoms with Crippen molar-refractivity contribution in [2.75, 3.05) is 23.7 Å². The molecule has 0 saturated carbocycles. The molecule has 1 fully saturated rings. The van der Waals surface area contributed by atoms with Gasteiger partial charge in [-0.2, -0.15) is 0 Å². The van der Waals surface area contributed by atoms with Gasteiger partial charge in [0.1, 0.15) is 0 Å². The molecule has 3 aromatic rings. The minimum Gasteiger partial charge on any atom is -0.339 e. The Morgan fingerprint density at radius 1 is 0.765 bits per heavy atom. The fourth-order valence-electron chi connectivity index (χ4n) is 4.06. The number of aromatic nitrogens is 1. The van der Waals surface area contributed by atoms with E-state index >= 15 is 0 Å². The summed E-state index contributed by atoms with van der Waals surface area (Å²) >= 11 is 0. The van der Waals surface area contributed by atoms with Crippen LogP contribution in [-0.4, -0.2) is 40.7 Å². The third kappa shape index (κ3) is 5.49. The van der Waals surface area contributed by atoms with E-state index in [1.165, 1.54) is 12.8 Å². The van der Waals surface area contributed by atoms with Crippen molar-refractivity contribution in [2.24, 2.45) is 0 Å². The summed E-state index contributed by atoms with van der Waals surface area (Å²) in [6.45, 7) is 3.42. The second-order valence-electron chi connectivity index (χ2n) is 8.43. The van der Waals surface area contributed by atoms with Crippen LogP contribution in [0.4, 0.5) is 11.4 Å². The third-order valence-corrected chi connectivity index (χ3v) is 5.98. The van der Waals surface area contributed by atoms with E-state index in [2.05, 4.69) is 15.6 Å². The largest absolute Gasteiger partial charge is 0.339 e. The number of hydrogen-bond acceptors (Lipinski definition) is 4. The zero-order valence-corrected chi connectivity index (χ0v) is 19.2. The predicted molar refractivity (Wildman–Crippen MR) is 132 cm³/mol. The van der Waals surface area contributed by atoms with Gasteiger partial charge in [-0.05, 0) is 67.8 Å². The van der Waals surface area contributed by atoms with Gasteiger partial charge >= 0.3 is 0 Å². The van der Waals surface area contributed by atoms with E-state index in [9.17, 15) is 14.4 Å². The fraction of sp³-hybridized carbons (Fsp3) is 0.259. The summed E-state index contributed by atoms with van der Waals surface area (Å²) in [5.41, 5.74) is 3.22. The highest BCUT2D eigenvalue weighted by Gasteiger charge is 2.19. The van der Waals surface area contributed by atoms with Gasteiger partial charge in [-0.3, -0.25) is 19.4 Å². The van der Waals surface area contributed by atoms with Gasteiger partial charge < -0.3 is 15.5 Å². The molecule has 0 atom stereocenters. The molecule has 0 bridgehead atoms. The molecule has 7 heteroatoms. The molecule has 7 nitrogen and oxygen atoms in total. The second kappa shape index (κ2) is 10.7. The molecule has 0 radical (unpaired) electrons. The van der Waals surface area contributed by atoms with Gasteiger partial charge in [0, 0.05) is 42.3 Å². The van der Waals surface area contributed by atoms with Crippen LogP contribution in [-0.2, 0) is 0 Å². The number of carbonyl (C=O) groups excluding carboxylic acids is 3. The molecule has 2 aromatic carbocycles. The van der Waals surface area contributed by atoms with Crippen molar-refractivity contribution < 1.29 is 14.4 Å². The molecule has 0 unspecified atom stereocenters. The molecule has 2 heterocycles. The lowest BCUT2D eigenvalue weighted by atomic mass is 10.1. The SMILES string of the molecule is Cc1cccc(C(=O)Nc2ccc(C(=O)N3CCCCCC3)cc2)c1NC(=O)c1ccncc1. The Hall–Kier alpha value is -4.00. The summed E-state index contributed by atoms with van der Waals surface area (Å²) in [5.74, 6) is -0.637. The molecule has 0 aliphatic carbocycles. The summed E-state index contributed by atoms with van der Waals surface area (Å²) in [7, 11) is 0. The highest BCUT2D eigenvalue weighted by Crippen LogP contribution is 2.23. The number of nitrogens with one attached hydrogen (secondary N) is 2. The van der Waals surface area contributed by atoms with Crippen LogP contribution in [0, 0.1) is 6.92 Å². The number of rotatable bonds is 5. The number of nitrogens with zero attached hydrogens (tertiary/aromatic N) is 2. The summed E-state index contributed by atoms with van der Waals surface area (Å²) in [6.07, 6.45) is 7.49. The van der Waals surface area contributed by atoms with Gasteiger partial charge in [0.2, 0.25) is 0 Å². The number of hydrogen-bond donors (Lipinski definition) is 2. The lowest BCUT2D eigenvalue weighted by Gasteiger charge is -2.20. The molecule has 0 spiro atoms. The van der Waals surface area contributed by atoms with Crippen molar-refractivity contribution in [3.05, 3.63) is 89.2 Å². The van der Waals surface area contributed by atoms with E-state index in [-0.39, 0.29) is 17.7 Å². The first-order chi connectivity index (χ1) is 16.5. The Labute approximate surface area is 199 Å². The minimum absolute atomic E-state index is 0.0274. The number of pyridine rings is 1. The maximum Gasteiger partial charge on any atom is 0.257 e. The monoisotopic (exact) mass is 456 g/mol. The quantitative estimate of drug-likeness (QED) is 0.571. The van der Waals surface area contributed by atoms with E-state index in [0.717, 1.165) is 31.5 Å². The first kappa shape index (κ1) is 23.2. The molecule has 2 N–H and O–H groups in total. The van der Waals surface area contributed by atoms with Crippen molar-refractivity contribution in [1.82, 2.24) is 9.88 Å². The molecular weight excluding hydrogens is 428 g/mol. The molecule has 1 aliphatic rings. The molecule has 4 rings (SSSR count). The number of likely N-dealkylation sites (tertiary alicyclic amines) is 1. The molecule has 1 aliphatic heterocycles. The topological polar surface area (TPSA) is 91.4 Å². The smallest absolute Gasteiger partial charge is 0.257 e. The predicted octanol–water partition coefficient (Wildman–Crippen LogP) is 4.91.